The highest BCUT2D eigenvalue weighted by molar-refractivity contribution is 6.03. The van der Waals surface area contributed by atoms with E-state index in [1.807, 2.05) is 0 Å². The highest BCUT2D eigenvalue weighted by Crippen LogP contribution is 2.33. The molecule has 33 heavy (non-hydrogen) atoms. The van der Waals surface area contributed by atoms with Crippen LogP contribution < -0.4 is 10.9 Å². The average Bonchev–Trinajstić information content (AvgIpc) is 3.27. The van der Waals surface area contributed by atoms with Crippen molar-refractivity contribution in [2.45, 2.75) is 19.6 Å². The summed E-state index contributed by atoms with van der Waals surface area (Å²) < 4.78 is 42.8. The first-order valence-electron chi connectivity index (χ1n) is 9.70. The van der Waals surface area contributed by atoms with Gasteiger partial charge in [-0.15, -0.1) is 10.2 Å². The topological polar surface area (TPSA) is 108 Å². The molecule has 0 aliphatic carbocycles. The van der Waals surface area contributed by atoms with E-state index < -0.39 is 17.8 Å². The molecule has 0 unspecified atom stereocenters. The van der Waals surface area contributed by atoms with Gasteiger partial charge < -0.3 is 9.88 Å². The average molecular weight is 455 g/mol. The molecule has 0 aliphatic heterocycles. The zero-order chi connectivity index (χ0) is 23.6. The van der Waals surface area contributed by atoms with Gasteiger partial charge in [-0.05, 0) is 43.3 Å². The van der Waals surface area contributed by atoms with Gasteiger partial charge in [0.05, 0.1) is 11.3 Å². The van der Waals surface area contributed by atoms with E-state index in [1.54, 1.807) is 19.1 Å². The SMILES string of the molecule is CCn1cc(C(=O)Nc2ccc(-n3nc(-c4cccnc4)cc3C(F)(F)F)nn2)ccc1=O. The van der Waals surface area contributed by atoms with E-state index in [9.17, 15) is 22.8 Å². The van der Waals surface area contributed by atoms with Crippen LogP contribution in [0.25, 0.3) is 17.1 Å². The summed E-state index contributed by atoms with van der Waals surface area (Å²) in [6.07, 6.45) is -0.387. The van der Waals surface area contributed by atoms with Crippen LogP contribution in [0.1, 0.15) is 23.0 Å². The number of hydrogen-bond donors (Lipinski definition) is 1. The van der Waals surface area contributed by atoms with Crippen LogP contribution in [0.2, 0.25) is 0 Å². The molecular formula is C21H16F3N7O2. The molecule has 0 saturated heterocycles. The van der Waals surface area contributed by atoms with E-state index in [-0.39, 0.29) is 28.5 Å². The maximum atomic E-state index is 13.6. The molecule has 1 amide bonds. The molecule has 0 radical (unpaired) electrons. The Bertz CT molecular complexity index is 1350. The number of alkyl halides is 3. The third-order valence-electron chi connectivity index (χ3n) is 4.65. The Morgan fingerprint density at radius 2 is 1.94 bits per heavy atom. The Kier molecular flexibility index (Phi) is 5.73. The maximum absolute atomic E-state index is 13.6. The lowest BCUT2D eigenvalue weighted by Gasteiger charge is -2.10. The molecule has 4 aromatic heterocycles. The number of carbonyl (C=O) groups excluding carboxylic acids is 1. The van der Waals surface area contributed by atoms with Crippen molar-refractivity contribution in [2.75, 3.05) is 5.32 Å². The molecule has 1 N–H and O–H groups in total. The molecule has 0 saturated carbocycles. The number of carbonyl (C=O) groups is 1. The van der Waals surface area contributed by atoms with E-state index in [2.05, 4.69) is 25.6 Å². The molecule has 0 fully saturated rings. The molecule has 9 nitrogen and oxygen atoms in total. The van der Waals surface area contributed by atoms with E-state index in [4.69, 9.17) is 0 Å². The number of anilines is 1. The number of hydrogen-bond acceptors (Lipinski definition) is 6. The fraction of sp³-hybridized carbons (Fsp3) is 0.143. The molecule has 4 aromatic rings. The Morgan fingerprint density at radius 3 is 2.58 bits per heavy atom. The van der Waals surface area contributed by atoms with Gasteiger partial charge in [0.1, 0.15) is 0 Å². The van der Waals surface area contributed by atoms with Crippen LogP contribution in [0.3, 0.4) is 0 Å². The standard InChI is InChI=1S/C21H16F3N7O2/c1-2-30-12-14(5-8-19(30)32)20(33)26-17-6-7-18(28-27-17)31-16(21(22,23)24)10-15(29-31)13-4-3-9-25-11-13/h3-12H,2H2,1H3,(H,26,27,33). The Labute approximate surface area is 184 Å². The first kappa shape index (κ1) is 21.9. The van der Waals surface area contributed by atoms with E-state index in [0.717, 1.165) is 6.07 Å². The smallest absolute Gasteiger partial charge is 0.315 e. The third kappa shape index (κ3) is 4.63. The summed E-state index contributed by atoms with van der Waals surface area (Å²) in [5, 5.41) is 14.1. The van der Waals surface area contributed by atoms with Crippen LogP contribution in [0.15, 0.2) is 65.8 Å². The van der Waals surface area contributed by atoms with Gasteiger partial charge in [-0.25, -0.2) is 4.68 Å². The van der Waals surface area contributed by atoms with Crippen molar-refractivity contribution in [1.82, 2.24) is 29.5 Å². The Hall–Kier alpha value is -4.35. The van der Waals surface area contributed by atoms with Crippen LogP contribution in [0.5, 0.6) is 0 Å². The van der Waals surface area contributed by atoms with Gasteiger partial charge >= 0.3 is 6.18 Å². The zero-order valence-electron chi connectivity index (χ0n) is 17.1. The van der Waals surface area contributed by atoms with Gasteiger partial charge in [0.2, 0.25) is 0 Å². The quantitative estimate of drug-likeness (QED) is 0.495. The largest absolute Gasteiger partial charge is 0.433 e. The first-order chi connectivity index (χ1) is 15.8. The molecule has 0 atom stereocenters. The van der Waals surface area contributed by atoms with Crippen LogP contribution in [-0.4, -0.2) is 35.4 Å². The van der Waals surface area contributed by atoms with Crippen molar-refractivity contribution in [3.05, 3.63) is 82.7 Å². The van der Waals surface area contributed by atoms with E-state index in [0.29, 0.717) is 16.8 Å². The summed E-state index contributed by atoms with van der Waals surface area (Å²) in [4.78, 5) is 28.0. The number of rotatable bonds is 5. The first-order valence-corrected chi connectivity index (χ1v) is 9.70. The number of pyridine rings is 2. The van der Waals surface area contributed by atoms with Gasteiger partial charge in [-0.1, -0.05) is 0 Å². The van der Waals surface area contributed by atoms with Crippen LogP contribution in [-0.2, 0) is 12.7 Å². The Morgan fingerprint density at radius 1 is 1.12 bits per heavy atom. The molecule has 168 valence electrons. The van der Waals surface area contributed by atoms with Gasteiger partial charge in [-0.2, -0.15) is 18.3 Å². The van der Waals surface area contributed by atoms with Crippen molar-refractivity contribution in [3.8, 4) is 17.1 Å². The molecule has 0 spiro atoms. The molecular weight excluding hydrogens is 439 g/mol. The van der Waals surface area contributed by atoms with Crippen molar-refractivity contribution in [1.29, 1.82) is 0 Å². The zero-order valence-corrected chi connectivity index (χ0v) is 17.1. The number of amides is 1. The fourth-order valence-electron chi connectivity index (χ4n) is 3.02. The van der Waals surface area contributed by atoms with Crippen LogP contribution in [0, 0.1) is 0 Å². The third-order valence-corrected chi connectivity index (χ3v) is 4.65. The van der Waals surface area contributed by atoms with Crippen molar-refractivity contribution < 1.29 is 18.0 Å². The molecule has 4 heterocycles. The van der Waals surface area contributed by atoms with E-state index >= 15 is 0 Å². The second kappa shape index (κ2) is 8.65. The summed E-state index contributed by atoms with van der Waals surface area (Å²) in [6, 6.07) is 9.27. The number of aromatic nitrogens is 6. The van der Waals surface area contributed by atoms with Crippen LogP contribution in [0.4, 0.5) is 19.0 Å². The summed E-state index contributed by atoms with van der Waals surface area (Å²) in [5.74, 6) is -0.714. The minimum atomic E-state index is -4.69. The van der Waals surface area contributed by atoms with Gasteiger partial charge in [0, 0.05) is 36.8 Å². The molecule has 0 aromatic carbocycles. The lowest BCUT2D eigenvalue weighted by molar-refractivity contribution is -0.142. The predicted molar refractivity (Wildman–Crippen MR) is 112 cm³/mol. The highest BCUT2D eigenvalue weighted by atomic mass is 19.4. The van der Waals surface area contributed by atoms with Crippen molar-refractivity contribution in [3.63, 3.8) is 0 Å². The maximum Gasteiger partial charge on any atom is 0.433 e. The number of nitrogens with zero attached hydrogens (tertiary/aromatic N) is 6. The number of halogens is 3. The minimum absolute atomic E-state index is 0.0196. The van der Waals surface area contributed by atoms with Crippen molar-refractivity contribution >= 4 is 11.7 Å². The summed E-state index contributed by atoms with van der Waals surface area (Å²) in [6.45, 7) is 2.15. The normalized spacial score (nSPS) is 11.4. The molecule has 0 aliphatic rings. The second-order valence-electron chi connectivity index (χ2n) is 6.84. The van der Waals surface area contributed by atoms with Gasteiger partial charge in [-0.3, -0.25) is 14.6 Å². The van der Waals surface area contributed by atoms with Crippen LogP contribution >= 0.6 is 0 Å². The van der Waals surface area contributed by atoms with Gasteiger partial charge in [0.25, 0.3) is 11.5 Å². The second-order valence-corrected chi connectivity index (χ2v) is 6.84. The predicted octanol–water partition coefficient (Wildman–Crippen LogP) is 3.18. The fourth-order valence-corrected chi connectivity index (χ4v) is 3.02. The number of nitrogens with one attached hydrogen (secondary N) is 1. The number of aryl methyl sites for hydroxylation is 1. The lowest BCUT2D eigenvalue weighted by atomic mass is 10.2. The molecule has 4 rings (SSSR count). The molecule has 12 heteroatoms. The summed E-state index contributed by atoms with van der Waals surface area (Å²) >= 11 is 0. The van der Waals surface area contributed by atoms with Crippen molar-refractivity contribution in [2.24, 2.45) is 0 Å². The summed E-state index contributed by atoms with van der Waals surface area (Å²) in [7, 11) is 0. The van der Waals surface area contributed by atoms with Gasteiger partial charge in [0.15, 0.2) is 17.3 Å². The highest BCUT2D eigenvalue weighted by Gasteiger charge is 2.37. The Balaban J connectivity index is 1.61. The summed E-state index contributed by atoms with van der Waals surface area (Å²) in [5.41, 5.74) is -0.583. The molecule has 0 bridgehead atoms. The monoisotopic (exact) mass is 455 g/mol. The minimum Gasteiger partial charge on any atom is -0.315 e. The van der Waals surface area contributed by atoms with E-state index in [1.165, 1.54) is 47.4 Å². The lowest BCUT2D eigenvalue weighted by Crippen LogP contribution is -2.21.